The summed E-state index contributed by atoms with van der Waals surface area (Å²) in [6.07, 6.45) is 10.5. The zero-order chi connectivity index (χ0) is 13.8. The molecule has 128 valence electrons. The Morgan fingerprint density at radius 2 is 1.30 bits per heavy atom. The van der Waals surface area contributed by atoms with Gasteiger partial charge in [0.25, 0.3) is 0 Å². The van der Waals surface area contributed by atoms with Crippen LogP contribution in [0, 0.1) is 5.39 Å². The van der Waals surface area contributed by atoms with Gasteiger partial charge in [-0.2, -0.15) is 0 Å². The van der Waals surface area contributed by atoms with Crippen LogP contribution in [0.5, 0.6) is 5.75 Å². The molecule has 7 heteroatoms. The maximum atomic E-state index is 8.56. The molecule has 0 N–H and O–H groups in total. The SMILES string of the molecule is CCCCCCCCCCOc1ccc([N+]#N)cc1.[Cl-].[Cl-].[Cl-].[Zn+2]. The second-order valence-corrected chi connectivity index (χ2v) is 4.92. The van der Waals surface area contributed by atoms with Crippen LogP contribution in [0.25, 0.3) is 4.98 Å². The Balaban J connectivity index is -0.000000451. The summed E-state index contributed by atoms with van der Waals surface area (Å²) in [7, 11) is 0. The van der Waals surface area contributed by atoms with Crippen LogP contribution >= 0.6 is 0 Å². The second kappa shape index (κ2) is 21.9. The molecule has 0 aliphatic rings. The zero-order valence-electron chi connectivity index (χ0n) is 13.8. The number of ether oxygens (including phenoxy) is 1. The Hall–Kier alpha value is -0.0666. The summed E-state index contributed by atoms with van der Waals surface area (Å²) in [5, 5.41) is 8.56. The normalized spacial score (nSPS) is 8.35. The van der Waals surface area contributed by atoms with Crippen LogP contribution in [-0.2, 0) is 19.5 Å². The van der Waals surface area contributed by atoms with Crippen molar-refractivity contribution in [3.8, 4) is 5.75 Å². The van der Waals surface area contributed by atoms with Crippen molar-refractivity contribution < 1.29 is 61.4 Å². The Morgan fingerprint density at radius 1 is 0.826 bits per heavy atom. The first-order chi connectivity index (χ1) is 9.36. The Labute approximate surface area is 171 Å². The Morgan fingerprint density at radius 3 is 1.78 bits per heavy atom. The largest absolute Gasteiger partial charge is 2.00 e. The molecule has 3 nitrogen and oxygen atoms in total. The molecule has 0 saturated heterocycles. The topological polar surface area (TPSA) is 37.4 Å². The quantitative estimate of drug-likeness (QED) is 0.221. The predicted octanol–water partition coefficient (Wildman–Crippen LogP) is -3.30. The number of benzene rings is 1. The van der Waals surface area contributed by atoms with Crippen molar-refractivity contribution in [2.24, 2.45) is 0 Å². The molecule has 0 radical (unpaired) electrons. The van der Waals surface area contributed by atoms with Crippen molar-refractivity contribution in [3.63, 3.8) is 0 Å². The van der Waals surface area contributed by atoms with E-state index in [0.717, 1.165) is 18.8 Å². The molecule has 1 aromatic rings. The van der Waals surface area contributed by atoms with Gasteiger partial charge in [0.1, 0.15) is 5.75 Å². The molecular formula is C16H25Cl3N2OZn. The van der Waals surface area contributed by atoms with Gasteiger partial charge in [-0.05, 0) is 18.6 Å². The van der Waals surface area contributed by atoms with Gasteiger partial charge in [0.15, 0.2) is 4.98 Å². The molecule has 0 aliphatic carbocycles. The van der Waals surface area contributed by atoms with Crippen LogP contribution < -0.4 is 42.0 Å². The van der Waals surface area contributed by atoms with E-state index >= 15 is 0 Å². The maximum Gasteiger partial charge on any atom is 2.00 e. The number of hydrogen-bond donors (Lipinski definition) is 0. The van der Waals surface area contributed by atoms with Gasteiger partial charge in [-0.3, -0.25) is 0 Å². The smallest absolute Gasteiger partial charge is 1.00 e. The molecule has 23 heavy (non-hydrogen) atoms. The van der Waals surface area contributed by atoms with E-state index in [9.17, 15) is 0 Å². The van der Waals surface area contributed by atoms with Crippen LogP contribution in [0.15, 0.2) is 24.3 Å². The average Bonchev–Trinajstić information content (AvgIpc) is 2.46. The van der Waals surface area contributed by atoms with Gasteiger partial charge in [0.05, 0.1) is 6.61 Å². The van der Waals surface area contributed by atoms with Crippen LogP contribution in [0.1, 0.15) is 58.3 Å². The first-order valence-corrected chi connectivity index (χ1v) is 7.44. The predicted molar refractivity (Wildman–Crippen MR) is 79.3 cm³/mol. The van der Waals surface area contributed by atoms with Crippen molar-refractivity contribution in [2.75, 3.05) is 6.61 Å². The van der Waals surface area contributed by atoms with E-state index in [0.29, 0.717) is 5.69 Å². The van der Waals surface area contributed by atoms with Crippen LogP contribution in [0.4, 0.5) is 5.69 Å². The number of hydrogen-bond acceptors (Lipinski definition) is 2. The summed E-state index contributed by atoms with van der Waals surface area (Å²) in [5.74, 6) is 0.843. The van der Waals surface area contributed by atoms with Gasteiger partial charge in [-0.15, -0.1) is 0 Å². The van der Waals surface area contributed by atoms with E-state index in [1.54, 1.807) is 12.1 Å². The van der Waals surface area contributed by atoms with E-state index in [1.807, 2.05) is 12.1 Å². The molecule has 0 aromatic heterocycles. The minimum absolute atomic E-state index is 0. The van der Waals surface area contributed by atoms with Crippen LogP contribution in [0.2, 0.25) is 0 Å². The first kappa shape index (κ1) is 30.8. The zero-order valence-corrected chi connectivity index (χ0v) is 19.1. The van der Waals surface area contributed by atoms with Crippen molar-refractivity contribution in [1.82, 2.24) is 0 Å². The minimum atomic E-state index is 0. The third-order valence-corrected chi connectivity index (χ3v) is 3.22. The number of diazo groups is 1. The third kappa shape index (κ3) is 16.6. The summed E-state index contributed by atoms with van der Waals surface area (Å²) in [4.78, 5) is 3.11. The second-order valence-electron chi connectivity index (χ2n) is 4.92. The maximum absolute atomic E-state index is 8.56. The van der Waals surface area contributed by atoms with Gasteiger partial charge < -0.3 is 42.0 Å². The molecule has 0 heterocycles. The monoisotopic (exact) mass is 430 g/mol. The Bertz CT molecular complexity index is 386. The van der Waals surface area contributed by atoms with Crippen molar-refractivity contribution in [3.05, 3.63) is 29.2 Å². The molecule has 0 amide bonds. The van der Waals surface area contributed by atoms with E-state index < -0.39 is 0 Å². The minimum Gasteiger partial charge on any atom is -1.00 e. The molecule has 0 spiro atoms. The fraction of sp³-hybridized carbons (Fsp3) is 0.625. The van der Waals surface area contributed by atoms with Crippen LogP contribution in [0.3, 0.4) is 0 Å². The van der Waals surface area contributed by atoms with Gasteiger partial charge >= 0.3 is 25.2 Å². The van der Waals surface area contributed by atoms with Gasteiger partial charge in [-0.25, -0.2) is 0 Å². The van der Waals surface area contributed by atoms with Gasteiger partial charge in [0.2, 0.25) is 5.39 Å². The summed E-state index contributed by atoms with van der Waals surface area (Å²) in [6.45, 7) is 3.02. The molecule has 0 aliphatic heterocycles. The van der Waals surface area contributed by atoms with E-state index in [2.05, 4.69) is 11.9 Å². The molecule has 0 fully saturated rings. The number of unbranched alkanes of at least 4 members (excludes halogenated alkanes) is 7. The average molecular weight is 433 g/mol. The summed E-state index contributed by atoms with van der Waals surface area (Å²) in [6, 6.07) is 7.14. The van der Waals surface area contributed by atoms with Gasteiger partial charge in [-0.1, -0.05) is 51.9 Å². The summed E-state index contributed by atoms with van der Waals surface area (Å²) >= 11 is 0. The van der Waals surface area contributed by atoms with Crippen molar-refractivity contribution in [1.29, 1.82) is 5.39 Å². The third-order valence-electron chi connectivity index (χ3n) is 3.22. The Kier molecular flexibility index (Phi) is 29.3. The standard InChI is InChI=1S/C16H25N2O.3ClH.Zn/c1-2-3-4-5-6-7-8-9-14-19-16-12-10-15(18-17)11-13-16;;;;/h10-13H,2-9,14H2,1H3;3*1H;/q+1;;;;+2/p-3. The summed E-state index contributed by atoms with van der Waals surface area (Å²) < 4.78 is 5.63. The fourth-order valence-corrected chi connectivity index (χ4v) is 2.03. The molecule has 0 bridgehead atoms. The van der Waals surface area contributed by atoms with E-state index in [1.165, 1.54) is 44.9 Å². The molecule has 0 atom stereocenters. The fourth-order valence-electron chi connectivity index (χ4n) is 2.03. The number of halogens is 3. The molecule has 0 unspecified atom stereocenters. The molecule has 1 rings (SSSR count). The molecule has 0 saturated carbocycles. The van der Waals surface area contributed by atoms with Crippen LogP contribution in [-0.4, -0.2) is 6.61 Å². The molecular weight excluding hydrogens is 408 g/mol. The number of nitrogens with zero attached hydrogens (tertiary/aromatic N) is 2. The van der Waals surface area contributed by atoms with Crippen molar-refractivity contribution in [2.45, 2.75) is 58.3 Å². The van der Waals surface area contributed by atoms with Crippen molar-refractivity contribution >= 4 is 5.69 Å². The van der Waals surface area contributed by atoms with Gasteiger partial charge in [0, 0.05) is 12.1 Å². The van der Waals surface area contributed by atoms with E-state index in [4.69, 9.17) is 10.1 Å². The van der Waals surface area contributed by atoms with E-state index in [-0.39, 0.29) is 56.7 Å². The first-order valence-electron chi connectivity index (χ1n) is 7.44. The molecule has 1 aromatic carbocycles. The summed E-state index contributed by atoms with van der Waals surface area (Å²) in [5.41, 5.74) is 0.555. The number of rotatable bonds is 10.